The molecule has 4 fully saturated rings. The van der Waals surface area contributed by atoms with Crippen molar-refractivity contribution in [2.45, 2.75) is 58.2 Å². The van der Waals surface area contributed by atoms with E-state index in [0.29, 0.717) is 18.3 Å². The van der Waals surface area contributed by atoms with Crippen LogP contribution in [-0.2, 0) is 19.1 Å². The highest BCUT2D eigenvalue weighted by Gasteiger charge is 2.89. The Kier molecular flexibility index (Phi) is 2.06. The van der Waals surface area contributed by atoms with Crippen LogP contribution in [0.2, 0.25) is 0 Å². The van der Waals surface area contributed by atoms with E-state index in [9.17, 15) is 9.59 Å². The van der Waals surface area contributed by atoms with Crippen molar-refractivity contribution in [3.05, 3.63) is 0 Å². The van der Waals surface area contributed by atoms with Crippen LogP contribution in [0, 0.1) is 22.7 Å². The van der Waals surface area contributed by atoms with Crippen LogP contribution in [0.1, 0.15) is 46.0 Å². The SMILES string of the molecule is CCCCC(=O)OC1C2OC(=O)C3(C)CC4CC41C23. The monoisotopic (exact) mass is 264 g/mol. The first-order valence-electron chi connectivity index (χ1n) is 7.44. The van der Waals surface area contributed by atoms with Crippen LogP contribution in [0.5, 0.6) is 0 Å². The fourth-order valence-corrected chi connectivity index (χ4v) is 5.10. The van der Waals surface area contributed by atoms with Gasteiger partial charge in [-0.1, -0.05) is 13.3 Å². The Bertz CT molecular complexity index is 473. The predicted molar refractivity (Wildman–Crippen MR) is 66.0 cm³/mol. The van der Waals surface area contributed by atoms with Gasteiger partial charge in [-0.15, -0.1) is 0 Å². The fraction of sp³-hybridized carbons (Fsp3) is 0.867. The van der Waals surface area contributed by atoms with Crippen LogP contribution >= 0.6 is 0 Å². The summed E-state index contributed by atoms with van der Waals surface area (Å²) < 4.78 is 11.1. The zero-order chi connectivity index (χ0) is 13.4. The first kappa shape index (κ1) is 11.7. The normalized spacial score (nSPS) is 52.0. The molecule has 1 spiro atoms. The van der Waals surface area contributed by atoms with Gasteiger partial charge in [0.2, 0.25) is 0 Å². The van der Waals surface area contributed by atoms with Gasteiger partial charge in [-0.2, -0.15) is 0 Å². The summed E-state index contributed by atoms with van der Waals surface area (Å²) in [4.78, 5) is 23.8. The van der Waals surface area contributed by atoms with Crippen molar-refractivity contribution in [2.75, 3.05) is 0 Å². The third-order valence-electron chi connectivity index (χ3n) is 5.99. The van der Waals surface area contributed by atoms with E-state index in [1.165, 1.54) is 0 Å². The van der Waals surface area contributed by atoms with Gasteiger partial charge < -0.3 is 9.47 Å². The van der Waals surface area contributed by atoms with Gasteiger partial charge in [0.15, 0.2) is 0 Å². The Balaban J connectivity index is 1.52. The molecule has 0 bridgehead atoms. The molecule has 3 aliphatic carbocycles. The third kappa shape index (κ3) is 1.17. The van der Waals surface area contributed by atoms with Gasteiger partial charge in [0, 0.05) is 17.8 Å². The summed E-state index contributed by atoms with van der Waals surface area (Å²) in [6.07, 6.45) is 4.08. The number of hydrogen-bond donors (Lipinski definition) is 0. The highest BCUT2D eigenvalue weighted by Crippen LogP contribution is 2.84. The van der Waals surface area contributed by atoms with Crippen LogP contribution < -0.4 is 0 Å². The average Bonchev–Trinajstić information content (AvgIpc) is 2.95. The van der Waals surface area contributed by atoms with Crippen molar-refractivity contribution in [2.24, 2.45) is 22.7 Å². The second-order valence-electron chi connectivity index (χ2n) is 7.00. The summed E-state index contributed by atoms with van der Waals surface area (Å²) in [6, 6.07) is 0. The highest BCUT2D eigenvalue weighted by molar-refractivity contribution is 5.82. The maximum Gasteiger partial charge on any atom is 0.312 e. The van der Waals surface area contributed by atoms with Gasteiger partial charge in [0.05, 0.1) is 5.41 Å². The molecule has 0 aromatic heterocycles. The van der Waals surface area contributed by atoms with Crippen LogP contribution in [-0.4, -0.2) is 24.1 Å². The zero-order valence-electron chi connectivity index (χ0n) is 11.5. The molecule has 3 saturated carbocycles. The van der Waals surface area contributed by atoms with E-state index in [-0.39, 0.29) is 35.0 Å². The lowest BCUT2D eigenvalue weighted by Gasteiger charge is -2.47. The van der Waals surface area contributed by atoms with E-state index >= 15 is 0 Å². The van der Waals surface area contributed by atoms with Gasteiger partial charge in [-0.3, -0.25) is 9.59 Å². The lowest BCUT2D eigenvalue weighted by atomic mass is 9.59. The van der Waals surface area contributed by atoms with Gasteiger partial charge in [-0.25, -0.2) is 0 Å². The van der Waals surface area contributed by atoms with Crippen LogP contribution in [0.15, 0.2) is 0 Å². The van der Waals surface area contributed by atoms with Crippen molar-refractivity contribution < 1.29 is 19.1 Å². The Labute approximate surface area is 112 Å². The van der Waals surface area contributed by atoms with Crippen molar-refractivity contribution >= 4 is 11.9 Å². The molecule has 0 N–H and O–H groups in total. The number of hydrogen-bond acceptors (Lipinski definition) is 4. The molecular formula is C15H20O4. The van der Waals surface area contributed by atoms with Crippen molar-refractivity contribution in [3.63, 3.8) is 0 Å². The second kappa shape index (κ2) is 3.33. The molecular weight excluding hydrogens is 244 g/mol. The maximum atomic E-state index is 12.0. The van der Waals surface area contributed by atoms with Gasteiger partial charge in [0.25, 0.3) is 0 Å². The highest BCUT2D eigenvalue weighted by atomic mass is 16.6. The summed E-state index contributed by atoms with van der Waals surface area (Å²) in [5, 5.41) is 0. The Morgan fingerprint density at radius 1 is 1.47 bits per heavy atom. The lowest BCUT2D eigenvalue weighted by Crippen LogP contribution is -2.59. The van der Waals surface area contributed by atoms with Crippen molar-refractivity contribution in [1.82, 2.24) is 0 Å². The fourth-order valence-electron chi connectivity index (χ4n) is 5.10. The van der Waals surface area contributed by atoms with Crippen LogP contribution in [0.3, 0.4) is 0 Å². The van der Waals surface area contributed by atoms with E-state index in [1.54, 1.807) is 0 Å². The molecule has 6 unspecified atom stereocenters. The number of ether oxygens (including phenoxy) is 2. The van der Waals surface area contributed by atoms with E-state index in [2.05, 4.69) is 6.92 Å². The average molecular weight is 264 g/mol. The molecule has 0 aromatic carbocycles. The standard InChI is InChI=1S/C15H20O4/c1-3-4-5-9(16)18-12-10-11-14(2,13(17)19-10)6-8-7-15(8,11)12/h8,10-12H,3-7H2,1-2H3. The smallest absolute Gasteiger partial charge is 0.312 e. The minimum absolute atomic E-state index is 0.0683. The van der Waals surface area contributed by atoms with Crippen molar-refractivity contribution in [1.29, 1.82) is 0 Å². The molecule has 0 amide bonds. The summed E-state index contributed by atoms with van der Waals surface area (Å²) in [7, 11) is 0. The molecule has 6 atom stereocenters. The van der Waals surface area contributed by atoms with Gasteiger partial charge in [0.1, 0.15) is 12.2 Å². The third-order valence-corrected chi connectivity index (χ3v) is 5.99. The van der Waals surface area contributed by atoms with Crippen molar-refractivity contribution in [3.8, 4) is 0 Å². The van der Waals surface area contributed by atoms with E-state index < -0.39 is 0 Å². The molecule has 104 valence electrons. The summed E-state index contributed by atoms with van der Waals surface area (Å²) in [5.74, 6) is 0.695. The molecule has 4 rings (SSSR count). The molecule has 19 heavy (non-hydrogen) atoms. The van der Waals surface area contributed by atoms with E-state index in [4.69, 9.17) is 9.47 Å². The minimum Gasteiger partial charge on any atom is -0.458 e. The van der Waals surface area contributed by atoms with Crippen LogP contribution in [0.4, 0.5) is 0 Å². The molecule has 1 saturated heterocycles. The van der Waals surface area contributed by atoms with Crippen LogP contribution in [0.25, 0.3) is 0 Å². The Morgan fingerprint density at radius 2 is 2.26 bits per heavy atom. The number of rotatable bonds is 4. The first-order chi connectivity index (χ1) is 9.04. The van der Waals surface area contributed by atoms with E-state index in [1.807, 2.05) is 6.92 Å². The number of unbranched alkanes of at least 4 members (excludes halogenated alkanes) is 1. The lowest BCUT2D eigenvalue weighted by molar-refractivity contribution is -0.198. The second-order valence-corrected chi connectivity index (χ2v) is 7.00. The quantitative estimate of drug-likeness (QED) is 0.729. The molecule has 0 radical (unpaired) electrons. The van der Waals surface area contributed by atoms with Gasteiger partial charge in [-0.05, 0) is 32.1 Å². The van der Waals surface area contributed by atoms with Gasteiger partial charge >= 0.3 is 11.9 Å². The summed E-state index contributed by atoms with van der Waals surface area (Å²) >= 11 is 0. The molecule has 1 aliphatic heterocycles. The largest absolute Gasteiger partial charge is 0.458 e. The zero-order valence-corrected chi connectivity index (χ0v) is 11.5. The number of esters is 2. The topological polar surface area (TPSA) is 52.6 Å². The summed E-state index contributed by atoms with van der Waals surface area (Å²) in [6.45, 7) is 4.09. The summed E-state index contributed by atoms with van der Waals surface area (Å²) in [5.41, 5.74) is -0.187. The first-order valence-corrected chi connectivity index (χ1v) is 7.44. The minimum atomic E-state index is -0.292. The molecule has 0 aromatic rings. The Hall–Kier alpha value is -1.06. The molecule has 4 heteroatoms. The number of carbonyl (C=O) groups excluding carboxylic acids is 2. The molecule has 4 aliphatic rings. The van der Waals surface area contributed by atoms with E-state index in [0.717, 1.165) is 25.7 Å². The Morgan fingerprint density at radius 3 is 3.00 bits per heavy atom. The molecule has 1 heterocycles. The maximum absolute atomic E-state index is 12.0. The predicted octanol–water partition coefficient (Wildman–Crippen LogP) is 2.06. The molecule has 4 nitrogen and oxygen atoms in total. The number of carbonyl (C=O) groups is 2.